The number of rotatable bonds is 3. The molecule has 112 valence electrons. The maximum Gasteiger partial charge on any atom is 0.227 e. The van der Waals surface area contributed by atoms with Crippen molar-refractivity contribution in [2.45, 2.75) is 13.8 Å². The summed E-state index contributed by atoms with van der Waals surface area (Å²) in [6.45, 7) is 4.01. The molecule has 0 unspecified atom stereocenters. The van der Waals surface area contributed by atoms with Crippen molar-refractivity contribution < 1.29 is 4.79 Å². The van der Waals surface area contributed by atoms with Crippen molar-refractivity contribution in [2.24, 2.45) is 0 Å². The summed E-state index contributed by atoms with van der Waals surface area (Å²) < 4.78 is 0. The van der Waals surface area contributed by atoms with Crippen LogP contribution in [0.5, 0.6) is 0 Å². The van der Waals surface area contributed by atoms with Gasteiger partial charge in [-0.15, -0.1) is 22.7 Å². The molecule has 3 aromatic rings. The van der Waals surface area contributed by atoms with E-state index >= 15 is 0 Å². The molecule has 3 heterocycles. The molecule has 0 atom stereocenters. The Bertz CT molecular complexity index is 870. The number of pyridine rings is 1. The van der Waals surface area contributed by atoms with Gasteiger partial charge in [-0.05, 0) is 31.5 Å². The number of halogens is 1. The summed E-state index contributed by atoms with van der Waals surface area (Å²) in [5.41, 5.74) is 3.70. The first-order valence-electron chi connectivity index (χ1n) is 6.38. The second-order valence-electron chi connectivity index (χ2n) is 4.70. The summed E-state index contributed by atoms with van der Waals surface area (Å²) >= 11 is 12.9. The van der Waals surface area contributed by atoms with Crippen molar-refractivity contribution in [3.05, 3.63) is 44.2 Å². The lowest BCUT2D eigenvalue weighted by atomic mass is 10.1. The summed E-state index contributed by atoms with van der Waals surface area (Å²) in [5.74, 6) is 0. The zero-order valence-electron chi connectivity index (χ0n) is 11.8. The van der Waals surface area contributed by atoms with E-state index in [1.807, 2.05) is 25.3 Å². The minimum atomic E-state index is -0.222. The van der Waals surface area contributed by atoms with Gasteiger partial charge in [0.2, 0.25) is 5.12 Å². The van der Waals surface area contributed by atoms with Crippen LogP contribution in [0, 0.1) is 13.8 Å². The van der Waals surface area contributed by atoms with Crippen LogP contribution in [-0.4, -0.2) is 15.1 Å². The average Bonchev–Trinajstić information content (AvgIpc) is 3.05. The van der Waals surface area contributed by atoms with Gasteiger partial charge in [-0.2, -0.15) is 0 Å². The first kappa shape index (κ1) is 15.7. The Morgan fingerprint density at radius 1 is 1.36 bits per heavy atom. The predicted molar refractivity (Wildman–Crippen MR) is 96.5 cm³/mol. The monoisotopic (exact) mass is 366 g/mol. The number of hydrogen-bond donors (Lipinski definition) is 1. The van der Waals surface area contributed by atoms with E-state index < -0.39 is 0 Å². The Kier molecular flexibility index (Phi) is 4.36. The van der Waals surface area contributed by atoms with Gasteiger partial charge in [0, 0.05) is 27.6 Å². The van der Waals surface area contributed by atoms with Gasteiger partial charge < -0.3 is 0 Å². The van der Waals surface area contributed by atoms with Gasteiger partial charge in [0.05, 0.1) is 10.6 Å². The molecule has 0 aliphatic rings. The fourth-order valence-corrected chi connectivity index (χ4v) is 4.54. The SMILES string of the molecule is Cc1sc(C(=O)S)c(-c2nc(-c3ccnc(Cl)c3)cs2)c1C. The second-order valence-corrected chi connectivity index (χ2v) is 7.57. The van der Waals surface area contributed by atoms with Crippen molar-refractivity contribution in [1.82, 2.24) is 9.97 Å². The van der Waals surface area contributed by atoms with Crippen molar-refractivity contribution in [3.8, 4) is 21.8 Å². The van der Waals surface area contributed by atoms with Crippen LogP contribution in [0.3, 0.4) is 0 Å². The molecule has 0 radical (unpaired) electrons. The Balaban J connectivity index is 2.10. The van der Waals surface area contributed by atoms with Crippen LogP contribution in [0.2, 0.25) is 5.15 Å². The van der Waals surface area contributed by atoms with Crippen LogP contribution in [-0.2, 0) is 0 Å². The van der Waals surface area contributed by atoms with Gasteiger partial charge in [0.15, 0.2) is 0 Å². The van der Waals surface area contributed by atoms with E-state index in [1.165, 1.54) is 22.7 Å². The van der Waals surface area contributed by atoms with Gasteiger partial charge in [0.25, 0.3) is 0 Å². The maximum absolute atomic E-state index is 11.8. The van der Waals surface area contributed by atoms with E-state index in [9.17, 15) is 4.79 Å². The number of thiophene rings is 1. The van der Waals surface area contributed by atoms with Crippen molar-refractivity contribution >= 4 is 52.0 Å². The highest BCUT2D eigenvalue weighted by molar-refractivity contribution is 7.97. The molecular formula is C15H11ClN2OS3. The third-order valence-electron chi connectivity index (χ3n) is 3.32. The normalized spacial score (nSPS) is 10.9. The third-order valence-corrected chi connectivity index (χ3v) is 5.97. The fraction of sp³-hybridized carbons (Fsp3) is 0.133. The molecule has 0 spiro atoms. The summed E-state index contributed by atoms with van der Waals surface area (Å²) in [5, 5.41) is 2.99. The molecule has 3 aromatic heterocycles. The van der Waals surface area contributed by atoms with Crippen molar-refractivity contribution in [1.29, 1.82) is 0 Å². The number of thiazole rings is 1. The molecule has 3 rings (SSSR count). The number of aryl methyl sites for hydroxylation is 1. The molecule has 0 saturated heterocycles. The maximum atomic E-state index is 11.8. The standard InChI is InChI=1S/C15H11ClN2OS3/c1-7-8(2)22-13(15(19)20)12(7)14-18-10(6-21-14)9-3-4-17-11(16)5-9/h3-6H,1-2H3,(H,19,20). The van der Waals surface area contributed by atoms with E-state index in [2.05, 4.69) is 22.6 Å². The smallest absolute Gasteiger partial charge is 0.227 e. The topological polar surface area (TPSA) is 42.9 Å². The minimum absolute atomic E-state index is 0.222. The first-order chi connectivity index (χ1) is 10.5. The molecule has 22 heavy (non-hydrogen) atoms. The quantitative estimate of drug-likeness (QED) is 0.507. The van der Waals surface area contributed by atoms with E-state index in [-0.39, 0.29) is 5.12 Å². The Morgan fingerprint density at radius 3 is 2.82 bits per heavy atom. The van der Waals surface area contributed by atoms with E-state index in [0.29, 0.717) is 10.0 Å². The number of aromatic nitrogens is 2. The zero-order chi connectivity index (χ0) is 15.9. The number of nitrogens with zero attached hydrogens (tertiary/aromatic N) is 2. The van der Waals surface area contributed by atoms with Gasteiger partial charge in [-0.3, -0.25) is 4.79 Å². The number of carbonyl (C=O) groups excluding carboxylic acids is 1. The Morgan fingerprint density at radius 2 is 2.14 bits per heavy atom. The molecule has 3 nitrogen and oxygen atoms in total. The zero-order valence-corrected chi connectivity index (χ0v) is 15.0. The number of hydrogen-bond acceptors (Lipinski definition) is 5. The van der Waals surface area contributed by atoms with Gasteiger partial charge in [-0.25, -0.2) is 9.97 Å². The van der Waals surface area contributed by atoms with E-state index in [1.54, 1.807) is 12.3 Å². The van der Waals surface area contributed by atoms with Crippen LogP contribution in [0.1, 0.15) is 20.1 Å². The molecule has 0 bridgehead atoms. The highest BCUT2D eigenvalue weighted by Gasteiger charge is 2.20. The summed E-state index contributed by atoms with van der Waals surface area (Å²) in [7, 11) is 0. The minimum Gasteiger partial charge on any atom is -0.281 e. The fourth-order valence-electron chi connectivity index (χ4n) is 2.12. The van der Waals surface area contributed by atoms with Crippen LogP contribution in [0.25, 0.3) is 21.8 Å². The Hall–Kier alpha value is -1.21. The van der Waals surface area contributed by atoms with Gasteiger partial charge >= 0.3 is 0 Å². The average molecular weight is 367 g/mol. The number of thiol groups is 1. The van der Waals surface area contributed by atoms with Crippen molar-refractivity contribution in [3.63, 3.8) is 0 Å². The number of carbonyl (C=O) groups is 1. The van der Waals surface area contributed by atoms with E-state index in [4.69, 9.17) is 11.6 Å². The Labute approximate surface area is 146 Å². The van der Waals surface area contributed by atoms with Crippen LogP contribution in [0.15, 0.2) is 23.7 Å². The lowest BCUT2D eigenvalue weighted by molar-refractivity contribution is 0.109. The third kappa shape index (κ3) is 2.84. The van der Waals surface area contributed by atoms with Crippen molar-refractivity contribution in [2.75, 3.05) is 0 Å². The summed E-state index contributed by atoms with van der Waals surface area (Å²) in [4.78, 5) is 22.1. The molecular weight excluding hydrogens is 356 g/mol. The van der Waals surface area contributed by atoms with Gasteiger partial charge in [0.1, 0.15) is 10.2 Å². The van der Waals surface area contributed by atoms with Crippen LogP contribution >= 0.6 is 46.9 Å². The molecule has 7 heteroatoms. The van der Waals surface area contributed by atoms with Crippen LogP contribution in [0.4, 0.5) is 0 Å². The molecule has 0 aliphatic carbocycles. The lowest BCUT2D eigenvalue weighted by Gasteiger charge is -1.99. The highest BCUT2D eigenvalue weighted by atomic mass is 35.5. The molecule has 0 aromatic carbocycles. The molecule has 0 amide bonds. The molecule has 0 saturated carbocycles. The second kappa shape index (κ2) is 6.12. The van der Waals surface area contributed by atoms with Crippen LogP contribution < -0.4 is 0 Å². The largest absolute Gasteiger partial charge is 0.281 e. The molecule has 0 fully saturated rings. The molecule has 0 N–H and O–H groups in total. The molecule has 0 aliphatic heterocycles. The highest BCUT2D eigenvalue weighted by Crippen LogP contribution is 2.39. The lowest BCUT2D eigenvalue weighted by Crippen LogP contribution is -1.89. The van der Waals surface area contributed by atoms with E-state index in [0.717, 1.165) is 32.3 Å². The van der Waals surface area contributed by atoms with Gasteiger partial charge in [-0.1, -0.05) is 24.2 Å². The summed E-state index contributed by atoms with van der Waals surface area (Å²) in [6.07, 6.45) is 1.65. The summed E-state index contributed by atoms with van der Waals surface area (Å²) in [6, 6.07) is 3.64. The predicted octanol–water partition coefficient (Wildman–Crippen LogP) is 5.27. The first-order valence-corrected chi connectivity index (χ1v) is 8.90.